The molecular weight excluding hydrogens is 216 g/mol. The zero-order chi connectivity index (χ0) is 8.77. The zero-order valence-electron chi connectivity index (χ0n) is 6.92. The minimum atomic E-state index is -0.538. The van der Waals surface area contributed by atoms with Crippen molar-refractivity contribution in [2.24, 2.45) is 5.92 Å². The summed E-state index contributed by atoms with van der Waals surface area (Å²) < 4.78 is 1.03. The topological polar surface area (TPSA) is 20.2 Å². The highest BCUT2D eigenvalue weighted by atomic mass is 79.9. The molecule has 0 aromatic heterocycles. The smallest absolute Gasteiger partial charge is 0.0927 e. The average Bonchev–Trinajstić information content (AvgIpc) is 2.61. The van der Waals surface area contributed by atoms with Crippen LogP contribution in [0.2, 0.25) is 0 Å². The van der Waals surface area contributed by atoms with Gasteiger partial charge in [0.05, 0.1) is 5.60 Å². The molecule has 0 radical (unpaired) electrons. The van der Waals surface area contributed by atoms with Gasteiger partial charge in [-0.25, -0.2) is 0 Å². The van der Waals surface area contributed by atoms with Gasteiger partial charge in [-0.3, -0.25) is 0 Å². The van der Waals surface area contributed by atoms with Gasteiger partial charge in [-0.15, -0.1) is 0 Å². The standard InChI is InChI=1S/C10H11BrO/c1-7-6-10(7,12)8-3-2-4-9(11)5-8/h2-5,7,12H,6H2,1H3. The minimum absolute atomic E-state index is 0.409. The van der Waals surface area contributed by atoms with Crippen molar-refractivity contribution in [1.82, 2.24) is 0 Å². The lowest BCUT2D eigenvalue weighted by Gasteiger charge is -2.09. The monoisotopic (exact) mass is 226 g/mol. The summed E-state index contributed by atoms with van der Waals surface area (Å²) in [6.45, 7) is 2.07. The summed E-state index contributed by atoms with van der Waals surface area (Å²) in [7, 11) is 0. The number of benzene rings is 1. The van der Waals surface area contributed by atoms with Crippen molar-refractivity contribution in [3.8, 4) is 0 Å². The van der Waals surface area contributed by atoms with Crippen LogP contribution in [0.3, 0.4) is 0 Å². The van der Waals surface area contributed by atoms with Crippen molar-refractivity contribution >= 4 is 15.9 Å². The van der Waals surface area contributed by atoms with Crippen molar-refractivity contribution in [3.63, 3.8) is 0 Å². The van der Waals surface area contributed by atoms with Gasteiger partial charge < -0.3 is 5.11 Å². The third kappa shape index (κ3) is 1.19. The van der Waals surface area contributed by atoms with Crippen LogP contribution < -0.4 is 0 Å². The van der Waals surface area contributed by atoms with E-state index in [-0.39, 0.29) is 0 Å². The van der Waals surface area contributed by atoms with E-state index in [1.807, 2.05) is 24.3 Å². The summed E-state index contributed by atoms with van der Waals surface area (Å²) >= 11 is 3.39. The first-order chi connectivity index (χ1) is 5.63. The molecule has 1 N–H and O–H groups in total. The van der Waals surface area contributed by atoms with Crippen LogP contribution in [0.25, 0.3) is 0 Å². The van der Waals surface area contributed by atoms with E-state index >= 15 is 0 Å². The predicted octanol–water partition coefficient (Wildman–Crippen LogP) is 2.68. The summed E-state index contributed by atoms with van der Waals surface area (Å²) in [6, 6.07) is 7.90. The molecule has 0 aliphatic heterocycles. The third-order valence-electron chi connectivity index (χ3n) is 2.60. The molecule has 1 fully saturated rings. The van der Waals surface area contributed by atoms with Gasteiger partial charge in [0.15, 0.2) is 0 Å². The molecule has 1 aromatic carbocycles. The van der Waals surface area contributed by atoms with E-state index in [2.05, 4.69) is 22.9 Å². The van der Waals surface area contributed by atoms with Gasteiger partial charge in [0, 0.05) is 4.47 Å². The highest BCUT2D eigenvalue weighted by Crippen LogP contribution is 2.51. The van der Waals surface area contributed by atoms with Gasteiger partial charge in [-0.05, 0) is 30.0 Å². The minimum Gasteiger partial charge on any atom is -0.385 e. The lowest BCUT2D eigenvalue weighted by Crippen LogP contribution is -2.06. The Kier molecular flexibility index (Phi) is 1.77. The predicted molar refractivity (Wildman–Crippen MR) is 51.8 cm³/mol. The summed E-state index contributed by atoms with van der Waals surface area (Å²) in [6.07, 6.45) is 0.892. The van der Waals surface area contributed by atoms with Crippen LogP contribution in [0.4, 0.5) is 0 Å². The molecule has 0 amide bonds. The maximum atomic E-state index is 9.97. The molecule has 1 nitrogen and oxygen atoms in total. The van der Waals surface area contributed by atoms with Gasteiger partial charge in [0.25, 0.3) is 0 Å². The van der Waals surface area contributed by atoms with Gasteiger partial charge in [-0.1, -0.05) is 35.0 Å². The first-order valence-electron chi connectivity index (χ1n) is 4.11. The van der Waals surface area contributed by atoms with Crippen molar-refractivity contribution in [2.75, 3.05) is 0 Å². The lowest BCUT2D eigenvalue weighted by molar-refractivity contribution is 0.134. The fourth-order valence-corrected chi connectivity index (χ4v) is 1.97. The molecule has 1 aromatic rings. The highest BCUT2D eigenvalue weighted by molar-refractivity contribution is 9.10. The quantitative estimate of drug-likeness (QED) is 0.781. The Labute approximate surface area is 80.5 Å². The second-order valence-corrected chi connectivity index (χ2v) is 4.46. The number of rotatable bonds is 1. The van der Waals surface area contributed by atoms with Crippen molar-refractivity contribution in [1.29, 1.82) is 0 Å². The molecule has 1 saturated carbocycles. The molecule has 2 heteroatoms. The summed E-state index contributed by atoms with van der Waals surface area (Å²) in [5.74, 6) is 0.409. The summed E-state index contributed by atoms with van der Waals surface area (Å²) in [4.78, 5) is 0. The molecular formula is C10H11BrO. The van der Waals surface area contributed by atoms with Crippen LogP contribution in [-0.4, -0.2) is 5.11 Å². The molecule has 12 heavy (non-hydrogen) atoms. The molecule has 0 saturated heterocycles. The number of hydrogen-bond donors (Lipinski definition) is 1. The van der Waals surface area contributed by atoms with Gasteiger partial charge in [0.1, 0.15) is 0 Å². The fraction of sp³-hybridized carbons (Fsp3) is 0.400. The van der Waals surface area contributed by atoms with E-state index in [9.17, 15) is 5.11 Å². The van der Waals surface area contributed by atoms with Gasteiger partial charge in [-0.2, -0.15) is 0 Å². The Hall–Kier alpha value is -0.340. The largest absolute Gasteiger partial charge is 0.385 e. The van der Waals surface area contributed by atoms with E-state index in [0.29, 0.717) is 5.92 Å². The van der Waals surface area contributed by atoms with E-state index in [0.717, 1.165) is 16.5 Å². The van der Waals surface area contributed by atoms with Crippen molar-refractivity contribution in [3.05, 3.63) is 34.3 Å². The Morgan fingerprint density at radius 3 is 2.75 bits per heavy atom. The second-order valence-electron chi connectivity index (χ2n) is 3.54. The first kappa shape index (κ1) is 8.27. The van der Waals surface area contributed by atoms with Crippen molar-refractivity contribution < 1.29 is 5.11 Å². The first-order valence-corrected chi connectivity index (χ1v) is 4.90. The zero-order valence-corrected chi connectivity index (χ0v) is 8.51. The molecule has 1 aliphatic carbocycles. The number of aliphatic hydroxyl groups is 1. The second kappa shape index (κ2) is 2.57. The van der Waals surface area contributed by atoms with Crippen LogP contribution in [0.5, 0.6) is 0 Å². The SMILES string of the molecule is CC1CC1(O)c1cccc(Br)c1. The van der Waals surface area contributed by atoms with Gasteiger partial charge >= 0.3 is 0 Å². The maximum absolute atomic E-state index is 9.97. The van der Waals surface area contributed by atoms with Crippen LogP contribution in [-0.2, 0) is 5.60 Å². The molecule has 64 valence electrons. The lowest BCUT2D eigenvalue weighted by atomic mass is 10.1. The molecule has 0 heterocycles. The highest BCUT2D eigenvalue weighted by Gasteiger charge is 2.50. The molecule has 2 atom stereocenters. The van der Waals surface area contributed by atoms with Crippen LogP contribution in [0.1, 0.15) is 18.9 Å². The molecule has 2 unspecified atom stereocenters. The average molecular weight is 227 g/mol. The molecule has 2 rings (SSSR count). The normalized spacial score (nSPS) is 33.4. The third-order valence-corrected chi connectivity index (χ3v) is 3.09. The summed E-state index contributed by atoms with van der Waals surface area (Å²) in [5.41, 5.74) is 0.494. The molecule has 0 spiro atoms. The fourth-order valence-electron chi connectivity index (χ4n) is 1.57. The van der Waals surface area contributed by atoms with E-state index < -0.39 is 5.60 Å². The van der Waals surface area contributed by atoms with Crippen LogP contribution >= 0.6 is 15.9 Å². The Balaban J connectivity index is 2.36. The Bertz CT molecular complexity index is 310. The van der Waals surface area contributed by atoms with E-state index in [1.165, 1.54) is 0 Å². The van der Waals surface area contributed by atoms with E-state index in [1.54, 1.807) is 0 Å². The Morgan fingerprint density at radius 2 is 2.25 bits per heavy atom. The Morgan fingerprint density at radius 1 is 1.58 bits per heavy atom. The van der Waals surface area contributed by atoms with Crippen LogP contribution in [0, 0.1) is 5.92 Å². The molecule has 0 bridgehead atoms. The van der Waals surface area contributed by atoms with Crippen LogP contribution in [0.15, 0.2) is 28.7 Å². The number of hydrogen-bond acceptors (Lipinski definition) is 1. The van der Waals surface area contributed by atoms with Gasteiger partial charge in [0.2, 0.25) is 0 Å². The van der Waals surface area contributed by atoms with E-state index in [4.69, 9.17) is 0 Å². The maximum Gasteiger partial charge on any atom is 0.0927 e. The summed E-state index contributed by atoms with van der Waals surface area (Å²) in [5, 5.41) is 9.97. The van der Waals surface area contributed by atoms with Crippen molar-refractivity contribution in [2.45, 2.75) is 18.9 Å². The number of halogens is 1. The molecule has 1 aliphatic rings.